The molecule has 0 aromatic carbocycles. The Hall–Kier alpha value is -1.15. The van der Waals surface area contributed by atoms with E-state index >= 15 is 0 Å². The first-order valence-electron chi connectivity index (χ1n) is 11.2. The average molecular weight is 428 g/mol. The van der Waals surface area contributed by atoms with Crippen LogP contribution in [0.1, 0.15) is 77.0 Å². The van der Waals surface area contributed by atoms with Crippen LogP contribution < -0.4 is 0 Å². The molecule has 0 aromatic heterocycles. The van der Waals surface area contributed by atoms with E-state index in [1.54, 1.807) is 0 Å². The monoisotopic (exact) mass is 427 g/mol. The van der Waals surface area contributed by atoms with Gasteiger partial charge in [-0.1, -0.05) is 12.8 Å². The zero-order chi connectivity index (χ0) is 20.6. The van der Waals surface area contributed by atoms with E-state index in [4.69, 9.17) is 9.47 Å². The second kappa shape index (κ2) is 8.53. The fraction of sp³-hybridized carbons (Fsp3) is 0.905. The third-order valence-electron chi connectivity index (χ3n) is 7.53. The Labute approximate surface area is 172 Å². The number of fused-ring (bicyclic) bond motifs is 2. The van der Waals surface area contributed by atoms with Crippen molar-refractivity contribution in [2.45, 2.75) is 94.5 Å². The van der Waals surface area contributed by atoms with Gasteiger partial charge in [0.25, 0.3) is 0 Å². The van der Waals surface area contributed by atoms with Crippen molar-refractivity contribution in [3.63, 3.8) is 0 Å². The molecule has 0 spiro atoms. The van der Waals surface area contributed by atoms with Gasteiger partial charge in [-0.05, 0) is 76.0 Å². The van der Waals surface area contributed by atoms with Crippen LogP contribution in [-0.2, 0) is 29.2 Å². The molecule has 29 heavy (non-hydrogen) atoms. The smallest absolute Gasteiger partial charge is 0.310 e. The van der Waals surface area contributed by atoms with Crippen LogP contribution in [0, 0.1) is 23.7 Å². The highest BCUT2D eigenvalue weighted by Crippen LogP contribution is 2.55. The highest BCUT2D eigenvalue weighted by atomic mass is 32.2. The summed E-state index contributed by atoms with van der Waals surface area (Å²) in [5, 5.41) is -1.10. The average Bonchev–Trinajstić information content (AvgIpc) is 3.28. The van der Waals surface area contributed by atoms with Gasteiger partial charge in [-0.2, -0.15) is 0 Å². The zero-order valence-corrected chi connectivity index (χ0v) is 17.6. The van der Waals surface area contributed by atoms with E-state index in [1.807, 2.05) is 0 Å². The number of esters is 2. The number of hydrogen-bond donors (Lipinski definition) is 0. The maximum atomic E-state index is 13.1. The van der Waals surface area contributed by atoms with E-state index in [-0.39, 0.29) is 24.5 Å². The Morgan fingerprint density at radius 2 is 1.21 bits per heavy atom. The van der Waals surface area contributed by atoms with Crippen molar-refractivity contribution in [1.29, 1.82) is 0 Å². The van der Waals surface area contributed by atoms with E-state index in [1.165, 1.54) is 0 Å². The molecule has 0 N–H and O–H groups in total. The van der Waals surface area contributed by atoms with Crippen molar-refractivity contribution in [3.8, 4) is 0 Å². The van der Waals surface area contributed by atoms with Crippen molar-refractivity contribution in [2.24, 2.45) is 23.7 Å². The summed E-state index contributed by atoms with van der Waals surface area (Å²) in [6, 6.07) is 0. The minimum Gasteiger partial charge on any atom is -0.748 e. The maximum Gasteiger partial charge on any atom is 0.310 e. The van der Waals surface area contributed by atoms with Gasteiger partial charge in [-0.25, -0.2) is 8.42 Å². The molecule has 0 aromatic rings. The van der Waals surface area contributed by atoms with Gasteiger partial charge in [-0.3, -0.25) is 9.59 Å². The number of carbonyl (C=O) groups is 2. The first-order valence-corrected chi connectivity index (χ1v) is 12.7. The normalized spacial score (nSPS) is 36.1. The van der Waals surface area contributed by atoms with Crippen molar-refractivity contribution < 1.29 is 32.0 Å². The van der Waals surface area contributed by atoms with E-state index in [0.29, 0.717) is 6.42 Å². The van der Waals surface area contributed by atoms with Crippen LogP contribution in [0.4, 0.5) is 0 Å². The van der Waals surface area contributed by atoms with Gasteiger partial charge in [0.15, 0.2) is 0 Å². The molecule has 5 atom stereocenters. The first-order chi connectivity index (χ1) is 13.8. The Balaban J connectivity index is 1.51. The molecule has 0 amide bonds. The number of ether oxygens (including phenoxy) is 2. The van der Waals surface area contributed by atoms with Gasteiger partial charge < -0.3 is 14.0 Å². The largest absolute Gasteiger partial charge is 0.748 e. The van der Waals surface area contributed by atoms with Crippen LogP contribution >= 0.6 is 0 Å². The van der Waals surface area contributed by atoms with Gasteiger partial charge >= 0.3 is 11.9 Å². The van der Waals surface area contributed by atoms with Crippen LogP contribution in [0.15, 0.2) is 0 Å². The molecule has 0 heterocycles. The van der Waals surface area contributed by atoms with Crippen molar-refractivity contribution in [2.75, 3.05) is 0 Å². The zero-order valence-electron chi connectivity index (χ0n) is 16.8. The molecule has 0 aliphatic heterocycles. The van der Waals surface area contributed by atoms with E-state index in [0.717, 1.165) is 64.2 Å². The molecule has 5 unspecified atom stereocenters. The van der Waals surface area contributed by atoms with Crippen LogP contribution in [0.3, 0.4) is 0 Å². The maximum absolute atomic E-state index is 13.1. The molecule has 164 valence electrons. The minimum absolute atomic E-state index is 0.121. The molecule has 0 radical (unpaired) electrons. The molecule has 2 bridgehead atoms. The van der Waals surface area contributed by atoms with Gasteiger partial charge in [-0.15, -0.1) is 0 Å². The van der Waals surface area contributed by atoms with E-state index < -0.39 is 45.1 Å². The molecular formula is C21H31O7S-. The fourth-order valence-electron chi connectivity index (χ4n) is 6.15. The Morgan fingerprint density at radius 1 is 0.724 bits per heavy atom. The molecule has 4 saturated carbocycles. The van der Waals surface area contributed by atoms with Gasteiger partial charge in [0.05, 0.1) is 27.2 Å². The van der Waals surface area contributed by atoms with Crippen LogP contribution in [0.2, 0.25) is 0 Å². The molecule has 4 fully saturated rings. The van der Waals surface area contributed by atoms with Crippen LogP contribution in [0.25, 0.3) is 0 Å². The fourth-order valence-corrected chi connectivity index (χ4v) is 7.34. The lowest BCUT2D eigenvalue weighted by Crippen LogP contribution is -2.45. The SMILES string of the molecule is O=C(OC1CCCCC1)C1C2CC(C1C(=O)OC1CCCCC1)C(S(=O)(=O)[O-])C2. The summed E-state index contributed by atoms with van der Waals surface area (Å²) in [6.07, 6.45) is 9.83. The second-order valence-electron chi connectivity index (χ2n) is 9.37. The standard InChI is InChI=1S/C21H32O7S/c22-20(27-14-7-3-1-4-8-14)18-13-11-16(17(12-13)29(24,25)26)19(18)21(23)28-15-9-5-2-6-10-15/h13-19H,1-12H2,(H,24,25,26)/p-1. The minimum atomic E-state index is -4.52. The van der Waals surface area contributed by atoms with Crippen LogP contribution in [-0.4, -0.2) is 42.4 Å². The molecule has 4 aliphatic rings. The summed E-state index contributed by atoms with van der Waals surface area (Å²) in [4.78, 5) is 26.1. The Morgan fingerprint density at radius 3 is 1.69 bits per heavy atom. The number of carbonyl (C=O) groups excluding carboxylic acids is 2. The predicted octanol–water partition coefficient (Wildman–Crippen LogP) is 2.92. The summed E-state index contributed by atoms with van der Waals surface area (Å²) < 4.78 is 46.7. The van der Waals surface area contributed by atoms with Gasteiger partial charge in [0, 0.05) is 0 Å². The van der Waals surface area contributed by atoms with Crippen LogP contribution in [0.5, 0.6) is 0 Å². The highest BCUT2D eigenvalue weighted by molar-refractivity contribution is 7.86. The molecule has 4 rings (SSSR count). The summed E-state index contributed by atoms with van der Waals surface area (Å²) in [5.41, 5.74) is 0. The topological polar surface area (TPSA) is 110 Å². The number of hydrogen-bond acceptors (Lipinski definition) is 7. The number of rotatable bonds is 5. The lowest BCUT2D eigenvalue weighted by Gasteiger charge is -2.36. The lowest BCUT2D eigenvalue weighted by molar-refractivity contribution is -0.170. The second-order valence-corrected chi connectivity index (χ2v) is 11.0. The van der Waals surface area contributed by atoms with Crippen molar-refractivity contribution in [3.05, 3.63) is 0 Å². The summed E-state index contributed by atoms with van der Waals surface area (Å²) in [7, 11) is -4.52. The molecule has 4 aliphatic carbocycles. The molecular weight excluding hydrogens is 396 g/mol. The van der Waals surface area contributed by atoms with Gasteiger partial charge in [0.1, 0.15) is 12.2 Å². The summed E-state index contributed by atoms with van der Waals surface area (Å²) >= 11 is 0. The molecule has 8 heteroatoms. The highest BCUT2D eigenvalue weighted by Gasteiger charge is 2.61. The molecule has 7 nitrogen and oxygen atoms in total. The first kappa shape index (κ1) is 21.1. The third-order valence-corrected chi connectivity index (χ3v) is 8.81. The Kier molecular flexibility index (Phi) is 6.21. The van der Waals surface area contributed by atoms with Crippen molar-refractivity contribution >= 4 is 22.1 Å². The quantitative estimate of drug-likeness (QED) is 0.490. The van der Waals surface area contributed by atoms with E-state index in [9.17, 15) is 22.6 Å². The third kappa shape index (κ3) is 4.48. The van der Waals surface area contributed by atoms with Gasteiger partial charge in [0.2, 0.25) is 0 Å². The summed E-state index contributed by atoms with van der Waals surface area (Å²) in [6.45, 7) is 0. The summed E-state index contributed by atoms with van der Waals surface area (Å²) in [5.74, 6) is -3.41. The Bertz CT molecular complexity index is 721. The lowest BCUT2D eigenvalue weighted by atomic mass is 9.78. The van der Waals surface area contributed by atoms with E-state index in [2.05, 4.69) is 0 Å². The molecule has 0 saturated heterocycles. The predicted molar refractivity (Wildman–Crippen MR) is 103 cm³/mol. The van der Waals surface area contributed by atoms with Crippen molar-refractivity contribution in [1.82, 2.24) is 0 Å².